The van der Waals surface area contributed by atoms with E-state index in [0.29, 0.717) is 0 Å². The largest absolute Gasteiger partial charge is 0.356 e. The van der Waals surface area contributed by atoms with E-state index in [1.807, 2.05) is 42.5 Å². The molecule has 0 saturated carbocycles. The van der Waals surface area contributed by atoms with Crippen molar-refractivity contribution in [3.05, 3.63) is 121 Å². The van der Waals surface area contributed by atoms with Crippen LogP contribution in [0.25, 0.3) is 31.3 Å². The number of fused-ring (bicyclic) bond motifs is 3. The van der Waals surface area contributed by atoms with Crippen LogP contribution in [-0.2, 0) is 9.84 Å². The van der Waals surface area contributed by atoms with E-state index < -0.39 is 9.84 Å². The van der Waals surface area contributed by atoms with E-state index in [9.17, 15) is 8.42 Å². The van der Waals surface area contributed by atoms with Crippen LogP contribution in [0, 0.1) is 0 Å². The zero-order chi connectivity index (χ0) is 23.8. The predicted octanol–water partition coefficient (Wildman–Crippen LogP) is 8.30. The Hall–Kier alpha value is -3.93. The summed E-state index contributed by atoms with van der Waals surface area (Å²) >= 11 is 1.77. The van der Waals surface area contributed by atoms with E-state index in [0.717, 1.165) is 22.5 Å². The van der Waals surface area contributed by atoms with Crippen LogP contribution < -0.4 is 5.32 Å². The van der Waals surface area contributed by atoms with Crippen LogP contribution in [0.5, 0.6) is 0 Å². The highest BCUT2D eigenvalue weighted by Gasteiger charge is 2.18. The summed E-state index contributed by atoms with van der Waals surface area (Å²) in [5.74, 6) is 0. The number of benzene rings is 5. The topological polar surface area (TPSA) is 46.2 Å². The van der Waals surface area contributed by atoms with Crippen LogP contribution in [0.4, 0.5) is 11.4 Å². The fourth-order valence-corrected chi connectivity index (χ4v) is 6.83. The number of anilines is 2. The molecule has 0 spiro atoms. The second kappa shape index (κ2) is 8.69. The van der Waals surface area contributed by atoms with Gasteiger partial charge in [0.05, 0.1) is 9.79 Å². The van der Waals surface area contributed by atoms with Crippen molar-refractivity contribution < 1.29 is 8.42 Å². The highest BCUT2D eigenvalue weighted by molar-refractivity contribution is 7.91. The maximum absolute atomic E-state index is 13.3. The van der Waals surface area contributed by atoms with E-state index in [-0.39, 0.29) is 9.79 Å². The Morgan fingerprint density at radius 3 is 1.89 bits per heavy atom. The van der Waals surface area contributed by atoms with Gasteiger partial charge in [0.25, 0.3) is 0 Å². The number of thiophene rings is 1. The van der Waals surface area contributed by atoms with E-state index in [2.05, 4.69) is 47.8 Å². The molecule has 0 atom stereocenters. The van der Waals surface area contributed by atoms with Gasteiger partial charge in [-0.05, 0) is 65.7 Å². The highest BCUT2D eigenvalue weighted by atomic mass is 32.2. The normalized spacial score (nSPS) is 11.7. The molecule has 0 amide bonds. The molecule has 0 aliphatic heterocycles. The van der Waals surface area contributed by atoms with Gasteiger partial charge in [0, 0.05) is 31.5 Å². The van der Waals surface area contributed by atoms with Gasteiger partial charge in [0.2, 0.25) is 9.84 Å². The van der Waals surface area contributed by atoms with E-state index in [4.69, 9.17) is 0 Å². The Bertz CT molecular complexity index is 1750. The van der Waals surface area contributed by atoms with Crippen molar-refractivity contribution in [1.29, 1.82) is 0 Å². The standard InChI is InChI=1S/C30H21NO2S2/c32-35(33,25-19-15-23(16-20-25)31-22-7-2-1-3-8-22)24-17-13-21(14-18-24)26-10-6-11-28-27-9-4-5-12-29(27)34-30(26)28/h1-20,31H. The maximum atomic E-state index is 13.3. The summed E-state index contributed by atoms with van der Waals surface area (Å²) in [5, 5.41) is 5.75. The molecule has 1 heterocycles. The van der Waals surface area contributed by atoms with Gasteiger partial charge in [-0.25, -0.2) is 8.42 Å². The molecule has 0 aliphatic carbocycles. The molecule has 0 radical (unpaired) electrons. The molecule has 5 aromatic carbocycles. The van der Waals surface area contributed by atoms with Gasteiger partial charge in [-0.1, -0.05) is 66.7 Å². The van der Waals surface area contributed by atoms with Crippen LogP contribution in [0.2, 0.25) is 0 Å². The lowest BCUT2D eigenvalue weighted by Gasteiger charge is -2.09. The minimum atomic E-state index is -3.62. The zero-order valence-corrected chi connectivity index (χ0v) is 20.3. The first-order valence-corrected chi connectivity index (χ1v) is 13.6. The van der Waals surface area contributed by atoms with Crippen LogP contribution in [0.1, 0.15) is 0 Å². The number of rotatable bonds is 5. The molecule has 0 aliphatic rings. The average Bonchev–Trinajstić information content (AvgIpc) is 3.29. The lowest BCUT2D eigenvalue weighted by Crippen LogP contribution is -2.02. The molecule has 0 bridgehead atoms. The molecule has 6 rings (SSSR count). The first kappa shape index (κ1) is 21.6. The Balaban J connectivity index is 1.30. The second-order valence-corrected chi connectivity index (χ2v) is 11.3. The molecular formula is C30H21NO2S2. The third-order valence-corrected chi connectivity index (χ3v) is 9.11. The lowest BCUT2D eigenvalue weighted by atomic mass is 10.0. The number of nitrogens with one attached hydrogen (secondary N) is 1. The average molecular weight is 492 g/mol. The number of hydrogen-bond donors (Lipinski definition) is 1. The number of para-hydroxylation sites is 1. The Morgan fingerprint density at radius 2 is 1.14 bits per heavy atom. The summed E-state index contributed by atoms with van der Waals surface area (Å²) in [6, 6.07) is 38.6. The van der Waals surface area contributed by atoms with Crippen molar-refractivity contribution in [3.63, 3.8) is 0 Å². The summed E-state index contributed by atoms with van der Waals surface area (Å²) in [7, 11) is -3.62. The number of hydrogen-bond acceptors (Lipinski definition) is 4. The molecule has 1 N–H and O–H groups in total. The predicted molar refractivity (Wildman–Crippen MR) is 146 cm³/mol. The second-order valence-electron chi connectivity index (χ2n) is 8.32. The molecule has 170 valence electrons. The van der Waals surface area contributed by atoms with Crippen LogP contribution >= 0.6 is 11.3 Å². The van der Waals surface area contributed by atoms with Crippen LogP contribution in [0.15, 0.2) is 131 Å². The third-order valence-electron chi connectivity index (χ3n) is 6.11. The van der Waals surface area contributed by atoms with Crippen molar-refractivity contribution in [2.45, 2.75) is 9.79 Å². The van der Waals surface area contributed by atoms with Crippen LogP contribution in [0.3, 0.4) is 0 Å². The molecule has 3 nitrogen and oxygen atoms in total. The maximum Gasteiger partial charge on any atom is 0.206 e. The smallest absolute Gasteiger partial charge is 0.206 e. The summed E-state index contributed by atoms with van der Waals surface area (Å²) in [4.78, 5) is 0.559. The minimum Gasteiger partial charge on any atom is -0.356 e. The summed E-state index contributed by atoms with van der Waals surface area (Å²) < 4.78 is 29.0. The van der Waals surface area contributed by atoms with Gasteiger partial charge in [-0.3, -0.25) is 0 Å². The van der Waals surface area contributed by atoms with Crippen molar-refractivity contribution in [2.75, 3.05) is 5.32 Å². The highest BCUT2D eigenvalue weighted by Crippen LogP contribution is 2.40. The van der Waals surface area contributed by atoms with Gasteiger partial charge >= 0.3 is 0 Å². The number of sulfone groups is 1. The first-order chi connectivity index (χ1) is 17.1. The van der Waals surface area contributed by atoms with E-state index >= 15 is 0 Å². The molecule has 1 aromatic heterocycles. The van der Waals surface area contributed by atoms with Gasteiger partial charge in [-0.15, -0.1) is 11.3 Å². The lowest BCUT2D eigenvalue weighted by molar-refractivity contribution is 0.596. The zero-order valence-electron chi connectivity index (χ0n) is 18.7. The van der Waals surface area contributed by atoms with E-state index in [1.54, 1.807) is 47.7 Å². The minimum absolute atomic E-state index is 0.274. The SMILES string of the molecule is O=S(=O)(c1ccc(Nc2ccccc2)cc1)c1ccc(-c2cccc3c2sc2ccccc23)cc1. The Labute approximate surface area is 208 Å². The quantitative estimate of drug-likeness (QED) is 0.264. The van der Waals surface area contributed by atoms with Gasteiger partial charge < -0.3 is 5.32 Å². The monoisotopic (exact) mass is 491 g/mol. The van der Waals surface area contributed by atoms with Gasteiger partial charge in [-0.2, -0.15) is 0 Å². The summed E-state index contributed by atoms with van der Waals surface area (Å²) in [6.45, 7) is 0. The van der Waals surface area contributed by atoms with Crippen molar-refractivity contribution >= 4 is 52.7 Å². The van der Waals surface area contributed by atoms with Crippen molar-refractivity contribution in [1.82, 2.24) is 0 Å². The van der Waals surface area contributed by atoms with Crippen molar-refractivity contribution in [3.8, 4) is 11.1 Å². The summed E-state index contributed by atoms with van der Waals surface area (Å²) in [6.07, 6.45) is 0. The Kier molecular flexibility index (Phi) is 5.36. The Morgan fingerprint density at radius 1 is 0.543 bits per heavy atom. The first-order valence-electron chi connectivity index (χ1n) is 11.3. The molecule has 6 aromatic rings. The van der Waals surface area contributed by atoms with Crippen molar-refractivity contribution in [2.24, 2.45) is 0 Å². The molecule has 0 unspecified atom stereocenters. The van der Waals surface area contributed by atoms with E-state index in [1.165, 1.54) is 20.2 Å². The molecule has 0 saturated heterocycles. The molecular weight excluding hydrogens is 470 g/mol. The third kappa shape index (κ3) is 3.99. The van der Waals surface area contributed by atoms with Gasteiger partial charge in [0.15, 0.2) is 0 Å². The fourth-order valence-electron chi connectivity index (χ4n) is 4.33. The molecule has 5 heteroatoms. The van der Waals surface area contributed by atoms with Gasteiger partial charge in [0.1, 0.15) is 0 Å². The van der Waals surface area contributed by atoms with Crippen LogP contribution in [-0.4, -0.2) is 8.42 Å². The fraction of sp³-hybridized carbons (Fsp3) is 0. The molecule has 35 heavy (non-hydrogen) atoms. The summed E-state index contributed by atoms with van der Waals surface area (Å²) in [5.41, 5.74) is 3.90. The molecule has 0 fully saturated rings.